The van der Waals surface area contributed by atoms with Gasteiger partial charge >= 0.3 is 21.1 Å². The van der Waals surface area contributed by atoms with Crippen LogP contribution in [0.15, 0.2) is 122 Å². The summed E-state index contributed by atoms with van der Waals surface area (Å²) < 4.78 is 13.3. The molecular formula is C46H38N4OPtS. The average Bonchev–Trinajstić information content (AvgIpc) is 3.84. The van der Waals surface area contributed by atoms with Gasteiger partial charge in [-0.05, 0) is 51.9 Å². The molecule has 0 saturated carbocycles. The molecule has 0 unspecified atom stereocenters. The van der Waals surface area contributed by atoms with E-state index in [4.69, 9.17) is 14.8 Å². The molecule has 0 atom stereocenters. The number of pyridine rings is 1. The zero-order chi connectivity index (χ0) is 35.8. The van der Waals surface area contributed by atoms with Crippen LogP contribution in [0.3, 0.4) is 0 Å². The minimum atomic E-state index is -0.143. The Labute approximate surface area is 328 Å². The third kappa shape index (κ3) is 6.18. The van der Waals surface area contributed by atoms with Gasteiger partial charge in [-0.3, -0.25) is 4.68 Å². The molecule has 0 fully saturated rings. The van der Waals surface area contributed by atoms with Crippen molar-refractivity contribution in [2.24, 2.45) is 0 Å². The van der Waals surface area contributed by atoms with E-state index in [2.05, 4.69) is 143 Å². The van der Waals surface area contributed by atoms with E-state index in [1.54, 1.807) is 0 Å². The minimum Gasteiger partial charge on any atom is -0.509 e. The van der Waals surface area contributed by atoms with E-state index < -0.39 is 0 Å². The van der Waals surface area contributed by atoms with Gasteiger partial charge in [-0.2, -0.15) is 17.2 Å². The molecule has 264 valence electrons. The van der Waals surface area contributed by atoms with Crippen molar-refractivity contribution < 1.29 is 25.8 Å². The molecule has 5 nitrogen and oxygen atoms in total. The number of thiophene rings is 1. The summed E-state index contributed by atoms with van der Waals surface area (Å²) in [5, 5.41) is 9.80. The molecule has 0 aliphatic heterocycles. The molecule has 0 saturated heterocycles. The summed E-state index contributed by atoms with van der Waals surface area (Å²) in [7, 11) is 0. The number of hydrogen-bond acceptors (Lipinski definition) is 4. The number of nitrogens with zero attached hydrogens (tertiary/aromatic N) is 4. The van der Waals surface area contributed by atoms with Crippen LogP contribution in [-0.2, 0) is 31.9 Å². The summed E-state index contributed by atoms with van der Waals surface area (Å²) in [5.74, 6) is 2.05. The zero-order valence-corrected chi connectivity index (χ0v) is 33.6. The van der Waals surface area contributed by atoms with Gasteiger partial charge in [0.2, 0.25) is 0 Å². The molecule has 53 heavy (non-hydrogen) atoms. The fourth-order valence-electron chi connectivity index (χ4n) is 7.14. The first-order chi connectivity index (χ1) is 25.0. The van der Waals surface area contributed by atoms with Crippen LogP contribution in [0.1, 0.15) is 52.8 Å². The number of ether oxygens (including phenoxy) is 1. The van der Waals surface area contributed by atoms with Crippen molar-refractivity contribution in [2.45, 2.75) is 52.4 Å². The van der Waals surface area contributed by atoms with Crippen LogP contribution in [0.2, 0.25) is 0 Å². The van der Waals surface area contributed by atoms with Crippen molar-refractivity contribution in [1.29, 1.82) is 0 Å². The standard InChI is InChI=1S/C46H38N4OS.Pt/c1-45(2,3)30-23-24-47-41(25-30)50-38-27-33(19-20-34(38)35-21-22-40-42(43(35)50)36-17-10-11-18-39(36)52-40)51-32-16-12-15-31(26-32)49-28-37(29-13-8-7-9-14-29)44(48-49)46(4,5)6;/h7-25,28H,1-6H3;/q-2;+2. The first-order valence-electron chi connectivity index (χ1n) is 17.7. The van der Waals surface area contributed by atoms with Gasteiger partial charge in [-0.25, -0.2) is 4.98 Å². The summed E-state index contributed by atoms with van der Waals surface area (Å²) >= 11 is 1.82. The topological polar surface area (TPSA) is 44.9 Å². The first kappa shape index (κ1) is 35.0. The second-order valence-electron chi connectivity index (χ2n) is 15.5. The second kappa shape index (κ2) is 13.1. The maximum Gasteiger partial charge on any atom is 2.00 e. The van der Waals surface area contributed by atoms with Crippen LogP contribution < -0.4 is 4.74 Å². The molecule has 0 amide bonds. The molecule has 9 rings (SSSR count). The summed E-state index contributed by atoms with van der Waals surface area (Å²) in [6, 6.07) is 45.1. The maximum atomic E-state index is 6.56. The van der Waals surface area contributed by atoms with Gasteiger partial charge in [0.1, 0.15) is 5.82 Å². The van der Waals surface area contributed by atoms with Crippen molar-refractivity contribution in [3.8, 4) is 34.1 Å². The van der Waals surface area contributed by atoms with Crippen LogP contribution in [-0.4, -0.2) is 19.3 Å². The number of hydrogen-bond donors (Lipinski definition) is 0. The predicted octanol–water partition coefficient (Wildman–Crippen LogP) is 12.4. The maximum absolute atomic E-state index is 6.56. The fourth-order valence-corrected chi connectivity index (χ4v) is 8.25. The Morgan fingerprint density at radius 3 is 2.23 bits per heavy atom. The Hall–Kier alpha value is -5.03. The number of fused-ring (bicyclic) bond motifs is 7. The van der Waals surface area contributed by atoms with Gasteiger partial charge in [0.15, 0.2) is 0 Å². The summed E-state index contributed by atoms with van der Waals surface area (Å²) in [5.41, 5.74) is 7.16. The van der Waals surface area contributed by atoms with E-state index >= 15 is 0 Å². The SMILES string of the molecule is CC(C)(C)c1ccnc(-n2c3[c-]c(Oc4[c-]c(-n5cc(-c6ccccc6)c(C(C)(C)C)n5)ccc4)ccc3c3ccc4sc5ccccc5c4c32)c1.[Pt+2]. The van der Waals surface area contributed by atoms with E-state index in [0.29, 0.717) is 11.5 Å². The third-order valence-corrected chi connectivity index (χ3v) is 10.9. The molecule has 0 N–H and O–H groups in total. The molecule has 0 aliphatic carbocycles. The summed E-state index contributed by atoms with van der Waals surface area (Å²) in [6.07, 6.45) is 4.01. The molecule has 9 aromatic rings. The van der Waals surface area contributed by atoms with Crippen molar-refractivity contribution in [1.82, 2.24) is 19.3 Å². The Bertz CT molecular complexity index is 2800. The molecule has 7 heteroatoms. The van der Waals surface area contributed by atoms with E-state index in [1.165, 1.54) is 25.7 Å². The molecule has 5 aromatic carbocycles. The van der Waals surface area contributed by atoms with Crippen LogP contribution in [0, 0.1) is 12.1 Å². The van der Waals surface area contributed by atoms with Gasteiger partial charge in [0.25, 0.3) is 0 Å². The van der Waals surface area contributed by atoms with Crippen LogP contribution in [0.25, 0.3) is 64.6 Å². The van der Waals surface area contributed by atoms with Crippen LogP contribution >= 0.6 is 11.3 Å². The molecule has 0 spiro atoms. The third-order valence-electron chi connectivity index (χ3n) is 9.72. The minimum absolute atomic E-state index is 0. The van der Waals surface area contributed by atoms with Gasteiger partial charge < -0.3 is 9.30 Å². The Balaban J connectivity index is 0.00000400. The fraction of sp³-hybridized carbons (Fsp3) is 0.174. The second-order valence-corrected chi connectivity index (χ2v) is 16.5. The predicted molar refractivity (Wildman–Crippen MR) is 216 cm³/mol. The van der Waals surface area contributed by atoms with Gasteiger partial charge in [-0.15, -0.1) is 47.1 Å². The largest absolute Gasteiger partial charge is 2.00 e. The summed E-state index contributed by atoms with van der Waals surface area (Å²) in [4.78, 5) is 4.96. The van der Waals surface area contributed by atoms with Gasteiger partial charge in [-0.1, -0.05) is 102 Å². The van der Waals surface area contributed by atoms with Crippen LogP contribution in [0.4, 0.5) is 0 Å². The zero-order valence-electron chi connectivity index (χ0n) is 30.5. The number of aromatic nitrogens is 4. The molecule has 4 heterocycles. The van der Waals surface area contributed by atoms with Crippen molar-refractivity contribution in [2.75, 3.05) is 0 Å². The molecule has 4 aromatic heterocycles. The normalized spacial score (nSPS) is 12.2. The first-order valence-corrected chi connectivity index (χ1v) is 18.5. The average molecular weight is 890 g/mol. The van der Waals surface area contributed by atoms with Crippen LogP contribution in [0.5, 0.6) is 11.5 Å². The van der Waals surface area contributed by atoms with Crippen molar-refractivity contribution in [3.05, 3.63) is 145 Å². The molecule has 0 aliphatic rings. The van der Waals surface area contributed by atoms with E-state index in [1.807, 2.05) is 52.5 Å². The van der Waals surface area contributed by atoms with Gasteiger partial charge in [0, 0.05) is 55.0 Å². The smallest absolute Gasteiger partial charge is 0.509 e. The molecule has 0 radical (unpaired) electrons. The Morgan fingerprint density at radius 1 is 0.679 bits per heavy atom. The van der Waals surface area contributed by atoms with E-state index in [-0.39, 0.29) is 31.9 Å². The quantitative estimate of drug-likeness (QED) is 0.162. The van der Waals surface area contributed by atoms with Crippen molar-refractivity contribution in [3.63, 3.8) is 0 Å². The molecular weight excluding hydrogens is 852 g/mol. The van der Waals surface area contributed by atoms with E-state index in [0.717, 1.165) is 50.1 Å². The Kier molecular flexibility index (Phi) is 8.67. The van der Waals surface area contributed by atoms with Gasteiger partial charge in [0.05, 0.1) is 11.2 Å². The van der Waals surface area contributed by atoms with Crippen molar-refractivity contribution >= 4 is 53.3 Å². The number of rotatable bonds is 5. The molecule has 0 bridgehead atoms. The summed E-state index contributed by atoms with van der Waals surface area (Å²) in [6.45, 7) is 13.3. The Morgan fingerprint density at radius 2 is 1.43 bits per heavy atom. The monoisotopic (exact) mass is 889 g/mol. The van der Waals surface area contributed by atoms with E-state index in [9.17, 15) is 0 Å². The number of benzene rings is 5.